The first-order chi connectivity index (χ1) is 20.4. The van der Waals surface area contributed by atoms with E-state index in [4.69, 9.17) is 9.47 Å². The largest absolute Gasteiger partial charge is 0.454 e. The van der Waals surface area contributed by atoms with Gasteiger partial charge in [-0.1, -0.05) is 30.0 Å². The van der Waals surface area contributed by atoms with E-state index >= 15 is 4.39 Å². The van der Waals surface area contributed by atoms with E-state index in [0.29, 0.717) is 40.8 Å². The highest BCUT2D eigenvalue weighted by Crippen LogP contribution is 2.51. The van der Waals surface area contributed by atoms with Crippen molar-refractivity contribution >= 4 is 41.0 Å². The van der Waals surface area contributed by atoms with E-state index < -0.39 is 23.1 Å². The molecule has 1 aromatic heterocycles. The number of para-hydroxylation sites is 1. The van der Waals surface area contributed by atoms with Gasteiger partial charge in [0, 0.05) is 43.6 Å². The van der Waals surface area contributed by atoms with Crippen LogP contribution in [-0.2, 0) is 14.3 Å². The maximum atomic E-state index is 15.5. The molecule has 4 heterocycles. The van der Waals surface area contributed by atoms with Crippen molar-refractivity contribution in [3.63, 3.8) is 0 Å². The fraction of sp³-hybridized carbons (Fsp3) is 0.333. The highest BCUT2D eigenvalue weighted by atomic mass is 32.2. The highest BCUT2D eigenvalue weighted by Gasteiger charge is 2.47. The number of benzene rings is 2. The zero-order valence-corrected chi connectivity index (χ0v) is 23.9. The lowest BCUT2D eigenvalue weighted by Crippen LogP contribution is -2.54. The number of amides is 4. The Morgan fingerprint density at radius 2 is 1.98 bits per heavy atom. The van der Waals surface area contributed by atoms with Crippen LogP contribution in [0.2, 0.25) is 0 Å². The Labute approximate surface area is 246 Å². The average Bonchev–Trinajstić information content (AvgIpc) is 3.36. The number of hydrogen-bond donors (Lipinski definition) is 2. The molecule has 3 aromatic rings. The molecule has 2 N–H and O–H groups in total. The number of thioether (sulfide) groups is 1. The fourth-order valence-electron chi connectivity index (χ4n) is 5.67. The molecule has 218 valence electrons. The lowest BCUT2D eigenvalue weighted by molar-refractivity contribution is -0.137. The summed E-state index contributed by atoms with van der Waals surface area (Å²) in [5, 5.41) is 6.03. The first kappa shape index (κ1) is 28.0. The fourth-order valence-corrected chi connectivity index (χ4v) is 6.91. The van der Waals surface area contributed by atoms with Gasteiger partial charge in [-0.05, 0) is 50.1 Å². The maximum Gasteiger partial charge on any atom is 0.327 e. The normalized spacial score (nSPS) is 21.0. The minimum absolute atomic E-state index is 0.000341. The predicted molar refractivity (Wildman–Crippen MR) is 155 cm³/mol. The average molecular weight is 592 g/mol. The summed E-state index contributed by atoms with van der Waals surface area (Å²) in [4.78, 5) is 47.0. The Bertz CT molecular complexity index is 1540. The summed E-state index contributed by atoms with van der Waals surface area (Å²) in [5.41, 5.74) is 1.86. The third-order valence-corrected chi connectivity index (χ3v) is 8.98. The number of anilines is 2. The lowest BCUT2D eigenvalue weighted by atomic mass is 9.98. The second-order valence-corrected chi connectivity index (χ2v) is 11.5. The van der Waals surface area contributed by atoms with E-state index in [9.17, 15) is 14.4 Å². The van der Waals surface area contributed by atoms with Gasteiger partial charge in [0.15, 0.2) is 11.6 Å². The van der Waals surface area contributed by atoms with Gasteiger partial charge in [0.2, 0.25) is 11.8 Å². The Balaban J connectivity index is 1.23. The Morgan fingerprint density at radius 1 is 1.17 bits per heavy atom. The quantitative estimate of drug-likeness (QED) is 0.418. The first-order valence-electron chi connectivity index (χ1n) is 13.7. The van der Waals surface area contributed by atoms with Crippen LogP contribution in [0.4, 0.5) is 20.6 Å². The Hall–Kier alpha value is -4.16. The molecule has 0 bridgehead atoms. The van der Waals surface area contributed by atoms with Gasteiger partial charge in [0.1, 0.15) is 22.6 Å². The second-order valence-electron chi connectivity index (χ2n) is 10.4. The molecule has 12 heteroatoms. The van der Waals surface area contributed by atoms with Gasteiger partial charge in [-0.15, -0.1) is 0 Å². The molecule has 0 radical (unpaired) electrons. The Kier molecular flexibility index (Phi) is 7.74. The monoisotopic (exact) mass is 591 g/mol. The van der Waals surface area contributed by atoms with Crippen molar-refractivity contribution in [1.29, 1.82) is 0 Å². The summed E-state index contributed by atoms with van der Waals surface area (Å²) in [7, 11) is 1.48. The standard InChI is InChI=1S/C30H30FN5O5S/c1-17-20(10-11-22(25(17)31)41-19-8-4-3-5-9-19)36-21-12-13-32-29-24(21)26(34-30(36)39)27(42-29)28(38)33-18-7-6-14-35(15-18)23(37)16-40-2/h3-5,8-13,18,26-27H,6-7,14-16H2,1-2H3,(H,33,38)(H,34,39)/t18?,26?,27-/m1/s1. The smallest absolute Gasteiger partial charge is 0.327 e. The number of carbonyl (C=O) groups is 3. The van der Waals surface area contributed by atoms with E-state index in [1.807, 2.05) is 6.07 Å². The molecule has 1 fully saturated rings. The van der Waals surface area contributed by atoms with Crippen molar-refractivity contribution < 1.29 is 28.2 Å². The van der Waals surface area contributed by atoms with E-state index in [2.05, 4.69) is 15.6 Å². The van der Waals surface area contributed by atoms with Crippen LogP contribution in [0.15, 0.2) is 59.8 Å². The number of urea groups is 1. The van der Waals surface area contributed by atoms with Crippen LogP contribution < -0.4 is 20.3 Å². The summed E-state index contributed by atoms with van der Waals surface area (Å²) >= 11 is 1.29. The number of nitrogens with zero attached hydrogens (tertiary/aromatic N) is 3. The summed E-state index contributed by atoms with van der Waals surface area (Å²) in [6.45, 7) is 2.62. The van der Waals surface area contributed by atoms with Crippen LogP contribution >= 0.6 is 11.8 Å². The van der Waals surface area contributed by atoms with Crippen LogP contribution in [0.5, 0.6) is 11.5 Å². The van der Waals surface area contributed by atoms with E-state index in [1.165, 1.54) is 29.8 Å². The third-order valence-electron chi connectivity index (χ3n) is 7.69. The highest BCUT2D eigenvalue weighted by molar-refractivity contribution is 8.01. The summed E-state index contributed by atoms with van der Waals surface area (Å²) in [5.74, 6) is -0.375. The van der Waals surface area contributed by atoms with E-state index in [0.717, 1.165) is 12.8 Å². The van der Waals surface area contributed by atoms with Crippen molar-refractivity contribution in [3.05, 3.63) is 71.7 Å². The molecular formula is C30H30FN5O5S. The number of pyridine rings is 1. The Morgan fingerprint density at radius 3 is 2.76 bits per heavy atom. The number of piperidine rings is 1. The second kappa shape index (κ2) is 11.6. The molecule has 2 aromatic carbocycles. The van der Waals surface area contributed by atoms with Crippen LogP contribution in [0.3, 0.4) is 0 Å². The molecule has 0 aliphatic carbocycles. The number of carbonyl (C=O) groups excluding carboxylic acids is 3. The van der Waals surface area contributed by atoms with Crippen LogP contribution in [0, 0.1) is 12.7 Å². The van der Waals surface area contributed by atoms with E-state index in [-0.39, 0.29) is 35.8 Å². The van der Waals surface area contributed by atoms with Gasteiger partial charge in [0.05, 0.1) is 17.4 Å². The molecule has 3 aliphatic rings. The molecular weight excluding hydrogens is 561 g/mol. The van der Waals surface area contributed by atoms with Crippen molar-refractivity contribution in [2.45, 2.75) is 42.1 Å². The zero-order chi connectivity index (χ0) is 29.4. The molecule has 42 heavy (non-hydrogen) atoms. The molecule has 0 saturated carbocycles. The maximum absolute atomic E-state index is 15.5. The molecule has 2 unspecified atom stereocenters. The number of nitrogens with one attached hydrogen (secondary N) is 2. The molecule has 6 rings (SSSR count). The van der Waals surface area contributed by atoms with Crippen molar-refractivity contribution in [2.75, 3.05) is 31.7 Å². The number of hydrogen-bond acceptors (Lipinski definition) is 7. The zero-order valence-electron chi connectivity index (χ0n) is 23.1. The molecule has 10 nitrogen and oxygen atoms in total. The van der Waals surface area contributed by atoms with Crippen LogP contribution in [0.25, 0.3) is 0 Å². The van der Waals surface area contributed by atoms with Crippen molar-refractivity contribution in [3.8, 4) is 11.5 Å². The van der Waals surface area contributed by atoms with Crippen LogP contribution in [0.1, 0.15) is 30.0 Å². The van der Waals surface area contributed by atoms with Crippen molar-refractivity contribution in [2.24, 2.45) is 0 Å². The third kappa shape index (κ3) is 5.16. The SMILES string of the molecule is COCC(=O)N1CCCC(NC(=O)[C@@H]2Sc3nccc4c3C2NC(=O)N4c2ccc(Oc3ccccc3)c(F)c2C)C1. The van der Waals surface area contributed by atoms with Gasteiger partial charge in [-0.25, -0.2) is 14.2 Å². The van der Waals surface area contributed by atoms with Crippen molar-refractivity contribution in [1.82, 2.24) is 20.5 Å². The number of methoxy groups -OCH3 is 1. The molecule has 3 atom stereocenters. The molecule has 0 spiro atoms. The molecule has 3 aliphatic heterocycles. The minimum Gasteiger partial charge on any atom is -0.454 e. The molecule has 4 amide bonds. The predicted octanol–water partition coefficient (Wildman–Crippen LogP) is 4.45. The lowest BCUT2D eigenvalue weighted by Gasteiger charge is -2.36. The number of likely N-dealkylation sites (tertiary alicyclic amines) is 1. The van der Waals surface area contributed by atoms with Gasteiger partial charge >= 0.3 is 6.03 Å². The minimum atomic E-state index is -0.649. The van der Waals surface area contributed by atoms with E-state index in [1.54, 1.807) is 54.4 Å². The van der Waals surface area contributed by atoms with Gasteiger partial charge in [-0.3, -0.25) is 14.5 Å². The van der Waals surface area contributed by atoms with Gasteiger partial charge in [-0.2, -0.15) is 0 Å². The number of aromatic nitrogens is 1. The van der Waals surface area contributed by atoms with Crippen LogP contribution in [-0.4, -0.2) is 65.8 Å². The number of halogens is 1. The van der Waals surface area contributed by atoms with Gasteiger partial charge in [0.25, 0.3) is 0 Å². The first-order valence-corrected chi connectivity index (χ1v) is 14.6. The summed E-state index contributed by atoms with van der Waals surface area (Å²) in [6.07, 6.45) is 3.10. The summed E-state index contributed by atoms with van der Waals surface area (Å²) in [6, 6.07) is 12.5. The number of ether oxygens (including phenoxy) is 2. The van der Waals surface area contributed by atoms with Gasteiger partial charge < -0.3 is 25.0 Å². The number of rotatable bonds is 7. The molecule has 1 saturated heterocycles. The summed E-state index contributed by atoms with van der Waals surface area (Å²) < 4.78 is 26.2. The topological polar surface area (TPSA) is 113 Å².